The summed E-state index contributed by atoms with van der Waals surface area (Å²) in [6.45, 7) is 4.56. The molecule has 2 nitrogen and oxygen atoms in total. The van der Waals surface area contributed by atoms with Crippen LogP contribution in [0.25, 0.3) is 0 Å². The quantitative estimate of drug-likeness (QED) is 0.824. The lowest BCUT2D eigenvalue weighted by atomic mass is 10.0. The maximum absolute atomic E-state index is 8.96. The molecule has 0 bridgehead atoms. The zero-order valence-electron chi connectivity index (χ0n) is 12.0. The van der Waals surface area contributed by atoms with Gasteiger partial charge in [0, 0.05) is 12.1 Å². The summed E-state index contributed by atoms with van der Waals surface area (Å²) in [5.41, 5.74) is 1.97. The molecule has 0 aliphatic heterocycles. The maximum Gasteiger partial charge on any atom is 0.0991 e. The summed E-state index contributed by atoms with van der Waals surface area (Å²) in [5, 5.41) is 12.7. The summed E-state index contributed by atoms with van der Waals surface area (Å²) in [4.78, 5) is 0. The Balaban J connectivity index is 1.96. The SMILES string of the molecule is CC1CCCC(NC(C)c2cccc(C#N)c2)CC1. The topological polar surface area (TPSA) is 35.8 Å². The fraction of sp³-hybridized carbons (Fsp3) is 0.588. The van der Waals surface area contributed by atoms with Crippen LogP contribution in [0.4, 0.5) is 0 Å². The molecule has 1 aliphatic carbocycles. The molecular weight excluding hydrogens is 232 g/mol. The van der Waals surface area contributed by atoms with E-state index in [1.807, 2.05) is 18.2 Å². The largest absolute Gasteiger partial charge is 0.307 e. The van der Waals surface area contributed by atoms with Gasteiger partial charge < -0.3 is 5.32 Å². The first-order valence-corrected chi connectivity index (χ1v) is 7.45. The van der Waals surface area contributed by atoms with Crippen LogP contribution in [-0.2, 0) is 0 Å². The van der Waals surface area contributed by atoms with E-state index in [2.05, 4.69) is 31.3 Å². The second kappa shape index (κ2) is 6.73. The molecule has 0 heterocycles. The Hall–Kier alpha value is -1.33. The van der Waals surface area contributed by atoms with Gasteiger partial charge in [0.1, 0.15) is 0 Å². The van der Waals surface area contributed by atoms with Gasteiger partial charge in [0.2, 0.25) is 0 Å². The third-order valence-corrected chi connectivity index (χ3v) is 4.26. The van der Waals surface area contributed by atoms with Crippen LogP contribution in [0.3, 0.4) is 0 Å². The van der Waals surface area contributed by atoms with Crippen molar-refractivity contribution in [2.75, 3.05) is 0 Å². The van der Waals surface area contributed by atoms with Crippen LogP contribution in [0.1, 0.15) is 63.1 Å². The van der Waals surface area contributed by atoms with Crippen molar-refractivity contribution in [3.63, 3.8) is 0 Å². The molecule has 2 rings (SSSR count). The molecule has 1 fully saturated rings. The van der Waals surface area contributed by atoms with Crippen molar-refractivity contribution in [2.45, 2.75) is 58.0 Å². The van der Waals surface area contributed by atoms with Crippen molar-refractivity contribution >= 4 is 0 Å². The molecule has 1 aromatic carbocycles. The molecule has 1 aromatic rings. The minimum Gasteiger partial charge on any atom is -0.307 e. The number of hydrogen-bond donors (Lipinski definition) is 1. The molecule has 2 heteroatoms. The average Bonchev–Trinajstić information content (AvgIpc) is 2.64. The van der Waals surface area contributed by atoms with Gasteiger partial charge in [-0.05, 0) is 49.8 Å². The summed E-state index contributed by atoms with van der Waals surface area (Å²) in [5.74, 6) is 0.879. The highest BCUT2D eigenvalue weighted by Crippen LogP contribution is 2.24. The van der Waals surface area contributed by atoms with Gasteiger partial charge in [-0.2, -0.15) is 5.26 Å². The van der Waals surface area contributed by atoms with Crippen LogP contribution in [0.15, 0.2) is 24.3 Å². The van der Waals surface area contributed by atoms with Crippen LogP contribution in [0.2, 0.25) is 0 Å². The van der Waals surface area contributed by atoms with Gasteiger partial charge in [-0.1, -0.05) is 31.9 Å². The Bertz CT molecular complexity index is 447. The Labute approximate surface area is 116 Å². The highest BCUT2D eigenvalue weighted by Gasteiger charge is 2.18. The van der Waals surface area contributed by atoms with E-state index in [1.165, 1.54) is 37.7 Å². The Morgan fingerprint density at radius 2 is 2.11 bits per heavy atom. The van der Waals surface area contributed by atoms with Crippen molar-refractivity contribution in [2.24, 2.45) is 5.92 Å². The summed E-state index contributed by atoms with van der Waals surface area (Å²) in [7, 11) is 0. The first-order valence-electron chi connectivity index (χ1n) is 7.45. The van der Waals surface area contributed by atoms with E-state index < -0.39 is 0 Å². The maximum atomic E-state index is 8.96. The predicted octanol–water partition coefficient (Wildman–Crippen LogP) is 4.18. The molecule has 1 saturated carbocycles. The van der Waals surface area contributed by atoms with E-state index in [1.54, 1.807) is 0 Å². The van der Waals surface area contributed by atoms with Crippen molar-refractivity contribution < 1.29 is 0 Å². The van der Waals surface area contributed by atoms with Gasteiger partial charge in [-0.25, -0.2) is 0 Å². The van der Waals surface area contributed by atoms with E-state index in [0.717, 1.165) is 11.5 Å². The molecular formula is C17H24N2. The van der Waals surface area contributed by atoms with Crippen LogP contribution in [0.5, 0.6) is 0 Å². The molecule has 0 aromatic heterocycles. The van der Waals surface area contributed by atoms with E-state index in [0.29, 0.717) is 12.1 Å². The second-order valence-electron chi connectivity index (χ2n) is 5.94. The molecule has 0 spiro atoms. The van der Waals surface area contributed by atoms with Crippen LogP contribution >= 0.6 is 0 Å². The molecule has 0 radical (unpaired) electrons. The minimum absolute atomic E-state index is 0.326. The monoisotopic (exact) mass is 256 g/mol. The fourth-order valence-corrected chi connectivity index (χ4v) is 2.98. The molecule has 102 valence electrons. The summed E-state index contributed by atoms with van der Waals surface area (Å²) >= 11 is 0. The Kier molecular flexibility index (Phi) is 4.99. The van der Waals surface area contributed by atoms with Gasteiger partial charge >= 0.3 is 0 Å². The third-order valence-electron chi connectivity index (χ3n) is 4.26. The molecule has 1 N–H and O–H groups in total. The molecule has 0 saturated heterocycles. The average molecular weight is 256 g/mol. The summed E-state index contributed by atoms with van der Waals surface area (Å²) in [6, 6.07) is 11.1. The predicted molar refractivity (Wildman–Crippen MR) is 78.7 cm³/mol. The lowest BCUT2D eigenvalue weighted by Gasteiger charge is -2.22. The number of rotatable bonds is 3. The minimum atomic E-state index is 0.326. The third kappa shape index (κ3) is 4.08. The number of nitrogens with one attached hydrogen (secondary N) is 1. The first kappa shape index (κ1) is 14.1. The molecule has 19 heavy (non-hydrogen) atoms. The van der Waals surface area contributed by atoms with Crippen molar-refractivity contribution in [1.29, 1.82) is 5.26 Å². The summed E-state index contributed by atoms with van der Waals surface area (Å²) in [6.07, 6.45) is 6.61. The van der Waals surface area contributed by atoms with E-state index in [4.69, 9.17) is 5.26 Å². The number of nitrogens with zero attached hydrogens (tertiary/aromatic N) is 1. The smallest absolute Gasteiger partial charge is 0.0991 e. The van der Waals surface area contributed by atoms with Gasteiger partial charge in [0.05, 0.1) is 11.6 Å². The van der Waals surface area contributed by atoms with E-state index in [9.17, 15) is 0 Å². The number of nitriles is 1. The Morgan fingerprint density at radius 1 is 1.26 bits per heavy atom. The van der Waals surface area contributed by atoms with E-state index >= 15 is 0 Å². The van der Waals surface area contributed by atoms with Crippen LogP contribution in [0, 0.1) is 17.2 Å². The highest BCUT2D eigenvalue weighted by atomic mass is 14.9. The molecule has 0 amide bonds. The first-order chi connectivity index (χ1) is 9.19. The van der Waals surface area contributed by atoms with Gasteiger partial charge in [-0.15, -0.1) is 0 Å². The van der Waals surface area contributed by atoms with Gasteiger partial charge in [-0.3, -0.25) is 0 Å². The van der Waals surface area contributed by atoms with Crippen LogP contribution in [-0.4, -0.2) is 6.04 Å². The standard InChI is InChI=1S/C17H24N2/c1-13-5-3-8-17(10-9-13)19-14(2)16-7-4-6-15(11-16)12-18/h4,6-7,11,13-14,17,19H,3,5,8-10H2,1-2H3. The lowest BCUT2D eigenvalue weighted by Crippen LogP contribution is -2.31. The molecule has 3 atom stereocenters. The van der Waals surface area contributed by atoms with E-state index in [-0.39, 0.29) is 0 Å². The van der Waals surface area contributed by atoms with Crippen molar-refractivity contribution in [3.05, 3.63) is 35.4 Å². The van der Waals surface area contributed by atoms with Crippen molar-refractivity contribution in [1.82, 2.24) is 5.32 Å². The van der Waals surface area contributed by atoms with Crippen LogP contribution < -0.4 is 5.32 Å². The molecule has 3 unspecified atom stereocenters. The number of benzene rings is 1. The zero-order chi connectivity index (χ0) is 13.7. The number of hydrogen-bond acceptors (Lipinski definition) is 2. The normalized spacial score (nSPS) is 25.3. The summed E-state index contributed by atoms with van der Waals surface area (Å²) < 4.78 is 0. The highest BCUT2D eigenvalue weighted by molar-refractivity contribution is 5.34. The fourth-order valence-electron chi connectivity index (χ4n) is 2.98. The van der Waals surface area contributed by atoms with Crippen molar-refractivity contribution in [3.8, 4) is 6.07 Å². The molecule has 1 aliphatic rings. The van der Waals surface area contributed by atoms with Gasteiger partial charge in [0.25, 0.3) is 0 Å². The van der Waals surface area contributed by atoms with Gasteiger partial charge in [0.15, 0.2) is 0 Å². The Morgan fingerprint density at radius 3 is 2.89 bits per heavy atom. The zero-order valence-corrected chi connectivity index (χ0v) is 12.0. The second-order valence-corrected chi connectivity index (χ2v) is 5.94. The lowest BCUT2D eigenvalue weighted by molar-refractivity contribution is 0.408.